The van der Waals surface area contributed by atoms with E-state index in [2.05, 4.69) is 18.8 Å². The van der Waals surface area contributed by atoms with Gasteiger partial charge in [-0.2, -0.15) is 0 Å². The Balaban J connectivity index is 2.67. The van der Waals surface area contributed by atoms with Crippen LogP contribution in [-0.2, 0) is 11.3 Å². The Labute approximate surface area is 94.4 Å². The fraction of sp³-hybridized carbons (Fsp3) is 0.385. The summed E-state index contributed by atoms with van der Waals surface area (Å²) >= 11 is 0. The average Bonchev–Trinajstić information content (AvgIpc) is 2.58. The maximum absolute atomic E-state index is 13.2. The van der Waals surface area contributed by atoms with Crippen molar-refractivity contribution in [2.45, 2.75) is 26.4 Å². The van der Waals surface area contributed by atoms with Crippen LogP contribution in [0.3, 0.4) is 0 Å². The van der Waals surface area contributed by atoms with Crippen LogP contribution >= 0.6 is 0 Å². The molecule has 1 heterocycles. The van der Waals surface area contributed by atoms with Gasteiger partial charge in [-0.05, 0) is 24.1 Å². The van der Waals surface area contributed by atoms with Crippen molar-refractivity contribution < 1.29 is 9.13 Å². The first-order chi connectivity index (χ1) is 7.63. The van der Waals surface area contributed by atoms with Crippen molar-refractivity contribution in [3.63, 3.8) is 0 Å². The third-order valence-corrected chi connectivity index (χ3v) is 2.77. The molecule has 3 heteroatoms. The van der Waals surface area contributed by atoms with E-state index < -0.39 is 0 Å². The van der Waals surface area contributed by atoms with Gasteiger partial charge in [-0.25, -0.2) is 4.39 Å². The molecule has 0 radical (unpaired) electrons. The smallest absolute Gasteiger partial charge is 0.123 e. The number of halogens is 1. The predicted octanol–water partition coefficient (Wildman–Crippen LogP) is 3.58. The first-order valence-electron chi connectivity index (χ1n) is 5.42. The second-order valence-corrected chi connectivity index (χ2v) is 4.29. The van der Waals surface area contributed by atoms with E-state index in [-0.39, 0.29) is 5.82 Å². The van der Waals surface area contributed by atoms with Crippen molar-refractivity contribution in [3.8, 4) is 0 Å². The van der Waals surface area contributed by atoms with Crippen molar-refractivity contribution >= 4 is 10.9 Å². The third-order valence-electron chi connectivity index (χ3n) is 2.77. The van der Waals surface area contributed by atoms with E-state index in [4.69, 9.17) is 4.74 Å². The van der Waals surface area contributed by atoms with Crippen LogP contribution in [0.25, 0.3) is 10.9 Å². The predicted molar refractivity (Wildman–Crippen MR) is 63.1 cm³/mol. The maximum Gasteiger partial charge on any atom is 0.123 e. The van der Waals surface area contributed by atoms with Crippen LogP contribution in [0.5, 0.6) is 0 Å². The van der Waals surface area contributed by atoms with E-state index in [1.165, 1.54) is 6.07 Å². The molecule has 0 fully saturated rings. The summed E-state index contributed by atoms with van der Waals surface area (Å²) in [5.74, 6) is 0.166. The van der Waals surface area contributed by atoms with E-state index in [9.17, 15) is 4.39 Å². The van der Waals surface area contributed by atoms with Crippen LogP contribution in [0, 0.1) is 5.82 Å². The summed E-state index contributed by atoms with van der Waals surface area (Å²) in [5.41, 5.74) is 3.16. The molecule has 0 amide bonds. The van der Waals surface area contributed by atoms with Crippen LogP contribution in [-0.4, -0.2) is 12.1 Å². The molecule has 2 aromatic rings. The summed E-state index contributed by atoms with van der Waals surface area (Å²) in [5, 5.41) is 0.922. The second-order valence-electron chi connectivity index (χ2n) is 4.29. The zero-order valence-electron chi connectivity index (χ0n) is 9.80. The highest BCUT2D eigenvalue weighted by Crippen LogP contribution is 2.28. The standard InChI is InChI=1S/C13H16FNO/c1-8(2)13-11(7-16-3)10-6-9(14)4-5-12(10)15-13/h4-6,8,15H,7H2,1-3H3. The topological polar surface area (TPSA) is 25.0 Å². The normalized spacial score (nSPS) is 11.6. The Hall–Kier alpha value is -1.35. The molecule has 0 bridgehead atoms. The lowest BCUT2D eigenvalue weighted by atomic mass is 10.0. The molecule has 1 aromatic carbocycles. The summed E-state index contributed by atoms with van der Waals surface area (Å²) in [6.07, 6.45) is 0. The van der Waals surface area contributed by atoms with E-state index in [1.807, 2.05) is 0 Å². The largest absolute Gasteiger partial charge is 0.380 e. The molecule has 0 aliphatic rings. The minimum absolute atomic E-state index is 0.209. The number of fused-ring (bicyclic) bond motifs is 1. The lowest BCUT2D eigenvalue weighted by Crippen LogP contribution is -1.95. The van der Waals surface area contributed by atoms with E-state index in [0.717, 1.165) is 22.2 Å². The monoisotopic (exact) mass is 221 g/mol. The van der Waals surface area contributed by atoms with E-state index >= 15 is 0 Å². The Kier molecular flexibility index (Phi) is 2.97. The van der Waals surface area contributed by atoms with Crippen LogP contribution in [0.1, 0.15) is 31.0 Å². The molecule has 1 N–H and O–H groups in total. The first kappa shape index (κ1) is 11.1. The van der Waals surface area contributed by atoms with Crippen LogP contribution in [0.2, 0.25) is 0 Å². The van der Waals surface area contributed by atoms with E-state index in [0.29, 0.717) is 12.5 Å². The quantitative estimate of drug-likeness (QED) is 0.842. The van der Waals surface area contributed by atoms with Gasteiger partial charge < -0.3 is 9.72 Å². The number of hydrogen-bond acceptors (Lipinski definition) is 1. The number of hydrogen-bond donors (Lipinski definition) is 1. The van der Waals surface area contributed by atoms with Crippen molar-refractivity contribution in [1.29, 1.82) is 0 Å². The molecule has 2 nitrogen and oxygen atoms in total. The number of aromatic amines is 1. The molecule has 0 spiro atoms. The summed E-state index contributed by atoms with van der Waals surface area (Å²) in [6, 6.07) is 4.81. The minimum Gasteiger partial charge on any atom is -0.380 e. The number of H-pyrrole nitrogens is 1. The fourth-order valence-electron chi connectivity index (χ4n) is 2.03. The van der Waals surface area contributed by atoms with Gasteiger partial charge in [-0.1, -0.05) is 13.8 Å². The SMILES string of the molecule is COCc1c(C(C)C)[nH]c2ccc(F)cc12. The van der Waals surface area contributed by atoms with Gasteiger partial charge in [0.15, 0.2) is 0 Å². The molecule has 0 unspecified atom stereocenters. The number of ether oxygens (including phenoxy) is 1. The van der Waals surface area contributed by atoms with Gasteiger partial charge in [0.1, 0.15) is 5.82 Å². The highest BCUT2D eigenvalue weighted by atomic mass is 19.1. The van der Waals surface area contributed by atoms with Gasteiger partial charge in [0.25, 0.3) is 0 Å². The number of benzene rings is 1. The Bertz CT molecular complexity index is 502. The molecule has 86 valence electrons. The fourth-order valence-corrected chi connectivity index (χ4v) is 2.03. The van der Waals surface area contributed by atoms with Gasteiger partial charge in [-0.15, -0.1) is 0 Å². The number of aromatic nitrogens is 1. The average molecular weight is 221 g/mol. The van der Waals surface area contributed by atoms with Crippen LogP contribution in [0.15, 0.2) is 18.2 Å². The van der Waals surface area contributed by atoms with Crippen LogP contribution in [0.4, 0.5) is 4.39 Å². The molecule has 0 saturated carbocycles. The van der Waals surface area contributed by atoms with Crippen molar-refractivity contribution in [3.05, 3.63) is 35.3 Å². The van der Waals surface area contributed by atoms with Gasteiger partial charge in [0.05, 0.1) is 6.61 Å². The molecular formula is C13H16FNO. The zero-order valence-corrected chi connectivity index (χ0v) is 9.80. The lowest BCUT2D eigenvalue weighted by Gasteiger charge is -2.06. The van der Waals surface area contributed by atoms with E-state index in [1.54, 1.807) is 19.2 Å². The Morgan fingerprint density at radius 3 is 2.75 bits per heavy atom. The molecule has 16 heavy (non-hydrogen) atoms. The summed E-state index contributed by atoms with van der Waals surface area (Å²) in [4.78, 5) is 3.33. The lowest BCUT2D eigenvalue weighted by molar-refractivity contribution is 0.185. The van der Waals surface area contributed by atoms with Gasteiger partial charge in [0, 0.05) is 29.3 Å². The summed E-state index contributed by atoms with van der Waals surface area (Å²) < 4.78 is 18.4. The van der Waals surface area contributed by atoms with Crippen molar-refractivity contribution in [1.82, 2.24) is 4.98 Å². The zero-order chi connectivity index (χ0) is 11.7. The minimum atomic E-state index is -0.209. The molecule has 0 atom stereocenters. The molecule has 2 rings (SSSR count). The number of methoxy groups -OCH3 is 1. The molecule has 0 saturated heterocycles. The molecule has 1 aromatic heterocycles. The highest BCUT2D eigenvalue weighted by Gasteiger charge is 2.14. The van der Waals surface area contributed by atoms with Crippen molar-refractivity contribution in [2.24, 2.45) is 0 Å². The van der Waals surface area contributed by atoms with Crippen LogP contribution < -0.4 is 0 Å². The van der Waals surface area contributed by atoms with Crippen molar-refractivity contribution in [2.75, 3.05) is 7.11 Å². The highest BCUT2D eigenvalue weighted by molar-refractivity contribution is 5.84. The summed E-state index contributed by atoms with van der Waals surface area (Å²) in [7, 11) is 1.65. The van der Waals surface area contributed by atoms with Gasteiger partial charge in [-0.3, -0.25) is 0 Å². The molecular weight excluding hydrogens is 205 g/mol. The van der Waals surface area contributed by atoms with Gasteiger partial charge >= 0.3 is 0 Å². The number of rotatable bonds is 3. The molecule has 0 aliphatic carbocycles. The summed E-state index contributed by atoms with van der Waals surface area (Å²) in [6.45, 7) is 4.73. The Morgan fingerprint density at radius 2 is 2.12 bits per heavy atom. The first-order valence-corrected chi connectivity index (χ1v) is 5.42. The third kappa shape index (κ3) is 1.83. The molecule has 0 aliphatic heterocycles. The maximum atomic E-state index is 13.2. The Morgan fingerprint density at radius 1 is 1.38 bits per heavy atom. The second kappa shape index (κ2) is 4.26. The van der Waals surface area contributed by atoms with Gasteiger partial charge in [0.2, 0.25) is 0 Å². The number of nitrogens with one attached hydrogen (secondary N) is 1.